The van der Waals surface area contributed by atoms with E-state index in [4.69, 9.17) is 23.2 Å². The van der Waals surface area contributed by atoms with Crippen molar-refractivity contribution >= 4 is 57.4 Å². The molecule has 1 unspecified atom stereocenters. The minimum Gasteiger partial charge on any atom is -0.329 e. The molecule has 0 spiro atoms. The fraction of sp³-hybridized carbons (Fsp3) is 0.214. The van der Waals surface area contributed by atoms with Gasteiger partial charge in [0.1, 0.15) is 23.2 Å². The molecule has 8 heteroatoms. The van der Waals surface area contributed by atoms with Crippen LogP contribution in [0.5, 0.6) is 0 Å². The smallest absolute Gasteiger partial charge is 0.267 e. The fourth-order valence-corrected chi connectivity index (χ4v) is 3.00. The van der Waals surface area contributed by atoms with Gasteiger partial charge in [0.25, 0.3) is 5.91 Å². The minimum atomic E-state index is -0.563. The number of amides is 1. The van der Waals surface area contributed by atoms with Crippen LogP contribution in [0, 0.1) is 0 Å². The summed E-state index contributed by atoms with van der Waals surface area (Å²) in [5.74, 6) is 0.376. The molecule has 6 nitrogen and oxygen atoms in total. The normalized spacial score (nSPS) is 20.9. The molecule has 0 aromatic carbocycles. The van der Waals surface area contributed by atoms with E-state index in [0.717, 1.165) is 11.1 Å². The van der Waals surface area contributed by atoms with Gasteiger partial charge in [-0.05, 0) is 24.3 Å². The fourth-order valence-electron chi connectivity index (χ4n) is 2.51. The summed E-state index contributed by atoms with van der Waals surface area (Å²) in [4.78, 5) is 30.1. The third-order valence-electron chi connectivity index (χ3n) is 3.56. The summed E-state index contributed by atoms with van der Waals surface area (Å²) in [5.41, 5.74) is 1.23. The first-order chi connectivity index (χ1) is 10.6. The van der Waals surface area contributed by atoms with Gasteiger partial charge in [-0.2, -0.15) is 0 Å². The molecular weight excluding hydrogens is 325 g/mol. The van der Waals surface area contributed by atoms with Gasteiger partial charge < -0.3 is 4.90 Å². The molecule has 110 valence electrons. The molecule has 0 radical (unpaired) electrons. The number of carbonyl (C=O) groups is 1. The molecule has 0 bridgehead atoms. The number of aliphatic imine (C=N–C) groups is 2. The SMILES string of the molecule is O=C1CN=C2CN(c3ccc4ccc(Cl)nc4n3)C(Cl)C2=N1. The maximum absolute atomic E-state index is 11.4. The summed E-state index contributed by atoms with van der Waals surface area (Å²) in [6, 6.07) is 7.33. The number of anilines is 1. The predicted octanol–water partition coefficient (Wildman–Crippen LogP) is 2.09. The van der Waals surface area contributed by atoms with Crippen molar-refractivity contribution in [2.75, 3.05) is 18.0 Å². The zero-order chi connectivity index (χ0) is 15.3. The molecule has 2 aliphatic rings. The average molecular weight is 334 g/mol. The van der Waals surface area contributed by atoms with E-state index in [1.165, 1.54) is 0 Å². The minimum absolute atomic E-state index is 0.0819. The third kappa shape index (κ3) is 2.15. The summed E-state index contributed by atoms with van der Waals surface area (Å²) in [7, 11) is 0. The number of carbonyl (C=O) groups excluding carboxylic acids is 1. The van der Waals surface area contributed by atoms with Crippen molar-refractivity contribution in [3.05, 3.63) is 29.4 Å². The largest absolute Gasteiger partial charge is 0.329 e. The van der Waals surface area contributed by atoms with Crippen LogP contribution in [0.4, 0.5) is 5.82 Å². The predicted molar refractivity (Wildman–Crippen MR) is 86.3 cm³/mol. The molecule has 2 aromatic rings. The Morgan fingerprint density at radius 3 is 2.86 bits per heavy atom. The van der Waals surface area contributed by atoms with Crippen LogP contribution >= 0.6 is 23.2 Å². The van der Waals surface area contributed by atoms with Crippen molar-refractivity contribution in [2.24, 2.45) is 9.98 Å². The Labute approximate surface area is 135 Å². The molecule has 0 N–H and O–H groups in total. The first-order valence-corrected chi connectivity index (χ1v) is 7.42. The Morgan fingerprint density at radius 1 is 1.18 bits per heavy atom. The maximum Gasteiger partial charge on any atom is 0.267 e. The van der Waals surface area contributed by atoms with Crippen molar-refractivity contribution in [1.29, 1.82) is 0 Å². The molecule has 2 aliphatic heterocycles. The summed E-state index contributed by atoms with van der Waals surface area (Å²) in [6.45, 7) is 0.554. The van der Waals surface area contributed by atoms with Gasteiger partial charge >= 0.3 is 0 Å². The molecule has 4 rings (SSSR count). The lowest BCUT2D eigenvalue weighted by molar-refractivity contribution is -0.116. The number of hydrogen-bond acceptors (Lipinski definition) is 5. The highest BCUT2D eigenvalue weighted by molar-refractivity contribution is 6.58. The van der Waals surface area contributed by atoms with Crippen molar-refractivity contribution < 1.29 is 4.79 Å². The molecular formula is C14H9Cl2N5O. The second kappa shape index (κ2) is 5.00. The summed E-state index contributed by atoms with van der Waals surface area (Å²) in [6.07, 6.45) is 0. The number of aromatic nitrogens is 2. The average Bonchev–Trinajstić information content (AvgIpc) is 2.83. The Hall–Kier alpha value is -2.05. The Bertz CT molecular complexity index is 863. The second-order valence-electron chi connectivity index (χ2n) is 4.97. The number of alkyl halides is 1. The first kappa shape index (κ1) is 13.6. The van der Waals surface area contributed by atoms with Crippen LogP contribution in [0.3, 0.4) is 0 Å². The quantitative estimate of drug-likeness (QED) is 0.455. The van der Waals surface area contributed by atoms with Gasteiger partial charge in [-0.1, -0.05) is 23.2 Å². The Kier molecular flexibility index (Phi) is 3.09. The molecule has 0 saturated carbocycles. The monoisotopic (exact) mass is 333 g/mol. The molecule has 1 fully saturated rings. The summed E-state index contributed by atoms with van der Waals surface area (Å²) in [5, 5.41) is 1.27. The lowest BCUT2D eigenvalue weighted by Gasteiger charge is -2.19. The van der Waals surface area contributed by atoms with Crippen LogP contribution in [0.15, 0.2) is 34.3 Å². The second-order valence-corrected chi connectivity index (χ2v) is 5.77. The molecule has 0 aliphatic carbocycles. The highest BCUT2D eigenvalue weighted by Crippen LogP contribution is 2.27. The standard InChI is InChI=1S/C14H9Cl2N5O/c15-9-3-1-7-2-4-10(19-14(7)18-9)21-6-8-12(13(21)16)20-11(22)5-17-8/h1-4,13H,5-6H2. The molecule has 1 saturated heterocycles. The van der Waals surface area contributed by atoms with E-state index in [-0.39, 0.29) is 12.5 Å². The van der Waals surface area contributed by atoms with Crippen LogP contribution in [0.2, 0.25) is 5.15 Å². The van der Waals surface area contributed by atoms with E-state index in [2.05, 4.69) is 20.0 Å². The molecule has 2 aromatic heterocycles. The van der Waals surface area contributed by atoms with Crippen LogP contribution in [0.1, 0.15) is 0 Å². The Balaban J connectivity index is 1.76. The summed E-state index contributed by atoms with van der Waals surface area (Å²) < 4.78 is 0. The van der Waals surface area contributed by atoms with Crippen LogP contribution in [-0.2, 0) is 4.79 Å². The lowest BCUT2D eigenvalue weighted by atomic mass is 10.2. The van der Waals surface area contributed by atoms with Crippen molar-refractivity contribution in [2.45, 2.75) is 5.50 Å². The third-order valence-corrected chi connectivity index (χ3v) is 4.22. The van der Waals surface area contributed by atoms with Gasteiger partial charge in [0.05, 0.1) is 12.3 Å². The number of hydrogen-bond donors (Lipinski definition) is 0. The number of nitrogens with zero attached hydrogens (tertiary/aromatic N) is 5. The van der Waals surface area contributed by atoms with E-state index in [1.807, 2.05) is 23.1 Å². The van der Waals surface area contributed by atoms with Gasteiger partial charge in [0, 0.05) is 5.39 Å². The van der Waals surface area contributed by atoms with Gasteiger partial charge in [0.15, 0.2) is 11.1 Å². The van der Waals surface area contributed by atoms with Gasteiger partial charge in [-0.15, -0.1) is 0 Å². The van der Waals surface area contributed by atoms with Gasteiger partial charge in [-0.3, -0.25) is 9.79 Å². The summed E-state index contributed by atoms with van der Waals surface area (Å²) >= 11 is 12.3. The highest BCUT2D eigenvalue weighted by Gasteiger charge is 2.37. The van der Waals surface area contributed by atoms with Crippen molar-refractivity contribution in [3.8, 4) is 0 Å². The maximum atomic E-state index is 11.4. The number of rotatable bonds is 1. The van der Waals surface area contributed by atoms with E-state index in [0.29, 0.717) is 28.9 Å². The van der Waals surface area contributed by atoms with Crippen LogP contribution in [-0.4, -0.2) is 45.9 Å². The van der Waals surface area contributed by atoms with Crippen molar-refractivity contribution in [1.82, 2.24) is 9.97 Å². The molecule has 22 heavy (non-hydrogen) atoms. The molecule has 1 atom stereocenters. The van der Waals surface area contributed by atoms with E-state index in [9.17, 15) is 4.79 Å². The number of pyridine rings is 2. The highest BCUT2D eigenvalue weighted by atomic mass is 35.5. The number of fused-ring (bicyclic) bond motifs is 2. The van der Waals surface area contributed by atoms with Gasteiger partial charge in [0.2, 0.25) is 0 Å². The van der Waals surface area contributed by atoms with E-state index < -0.39 is 5.50 Å². The zero-order valence-corrected chi connectivity index (χ0v) is 12.7. The zero-order valence-electron chi connectivity index (χ0n) is 11.2. The first-order valence-electron chi connectivity index (χ1n) is 6.61. The Morgan fingerprint density at radius 2 is 2.00 bits per heavy atom. The van der Waals surface area contributed by atoms with Crippen LogP contribution in [0.25, 0.3) is 11.0 Å². The van der Waals surface area contributed by atoms with E-state index in [1.54, 1.807) is 6.07 Å². The lowest BCUT2D eigenvalue weighted by Crippen LogP contribution is -2.29. The van der Waals surface area contributed by atoms with Crippen molar-refractivity contribution in [3.63, 3.8) is 0 Å². The number of halogens is 2. The van der Waals surface area contributed by atoms with E-state index >= 15 is 0 Å². The van der Waals surface area contributed by atoms with Gasteiger partial charge in [-0.25, -0.2) is 15.0 Å². The van der Waals surface area contributed by atoms with Crippen LogP contribution < -0.4 is 4.90 Å². The topological polar surface area (TPSA) is 70.8 Å². The molecule has 1 amide bonds. The molecule has 4 heterocycles.